The van der Waals surface area contributed by atoms with Crippen molar-refractivity contribution < 1.29 is 4.39 Å². The molecule has 0 amide bonds. The molecule has 0 aliphatic rings. The number of halogens is 3. The molecule has 1 nitrogen and oxygen atoms in total. The molecule has 1 N–H and O–H groups in total. The largest absolute Gasteiger partial charge is 0.312 e. The maximum Gasteiger partial charge on any atom is 0.124 e. The van der Waals surface area contributed by atoms with E-state index in [0.717, 1.165) is 24.9 Å². The molecule has 0 heterocycles. The van der Waals surface area contributed by atoms with Crippen molar-refractivity contribution in [3.63, 3.8) is 0 Å². The first-order chi connectivity index (χ1) is 8.56. The maximum absolute atomic E-state index is 12.9. The van der Waals surface area contributed by atoms with Gasteiger partial charge in [-0.05, 0) is 36.0 Å². The summed E-state index contributed by atoms with van der Waals surface area (Å²) in [7, 11) is 0. The van der Waals surface area contributed by atoms with Gasteiger partial charge in [0, 0.05) is 24.0 Å². The highest BCUT2D eigenvalue weighted by molar-refractivity contribution is 6.31. The van der Waals surface area contributed by atoms with E-state index in [4.69, 9.17) is 23.2 Å². The highest BCUT2D eigenvalue weighted by Crippen LogP contribution is 2.27. The van der Waals surface area contributed by atoms with E-state index in [2.05, 4.69) is 19.2 Å². The van der Waals surface area contributed by atoms with Crippen LogP contribution < -0.4 is 5.32 Å². The van der Waals surface area contributed by atoms with E-state index in [9.17, 15) is 4.39 Å². The van der Waals surface area contributed by atoms with E-state index in [-0.39, 0.29) is 11.2 Å². The van der Waals surface area contributed by atoms with Crippen molar-refractivity contribution in [3.8, 4) is 0 Å². The highest BCUT2D eigenvalue weighted by Gasteiger charge is 2.24. The van der Waals surface area contributed by atoms with E-state index < -0.39 is 0 Å². The Morgan fingerprint density at radius 2 is 1.94 bits per heavy atom. The van der Waals surface area contributed by atoms with Crippen molar-refractivity contribution in [1.82, 2.24) is 5.32 Å². The van der Waals surface area contributed by atoms with Crippen LogP contribution in [-0.4, -0.2) is 12.4 Å². The standard InChI is InChI=1S/C14H20Cl2FN/c1-3-14(4-2,9-15)10-18-8-11-5-6-12(17)7-13(11)16/h5-7,18H,3-4,8-10H2,1-2H3. The first kappa shape index (κ1) is 15.7. The van der Waals surface area contributed by atoms with Crippen LogP contribution in [0.3, 0.4) is 0 Å². The normalized spacial score (nSPS) is 11.8. The zero-order valence-electron chi connectivity index (χ0n) is 10.9. The zero-order chi connectivity index (χ0) is 13.6. The van der Waals surface area contributed by atoms with Crippen LogP contribution in [0.5, 0.6) is 0 Å². The summed E-state index contributed by atoms with van der Waals surface area (Å²) < 4.78 is 12.9. The summed E-state index contributed by atoms with van der Waals surface area (Å²) in [4.78, 5) is 0. The average Bonchev–Trinajstić information content (AvgIpc) is 2.38. The summed E-state index contributed by atoms with van der Waals surface area (Å²) in [5.41, 5.74) is 1.04. The Kier molecular flexibility index (Phi) is 6.40. The molecule has 1 rings (SSSR count). The minimum Gasteiger partial charge on any atom is -0.312 e. The van der Waals surface area contributed by atoms with Gasteiger partial charge < -0.3 is 5.32 Å². The van der Waals surface area contributed by atoms with Gasteiger partial charge in [0.25, 0.3) is 0 Å². The molecule has 0 fully saturated rings. The summed E-state index contributed by atoms with van der Waals surface area (Å²) in [6.45, 7) is 5.78. The maximum atomic E-state index is 12.9. The first-order valence-electron chi connectivity index (χ1n) is 6.27. The molecule has 0 bridgehead atoms. The molecule has 0 saturated heterocycles. The third-order valence-corrected chi connectivity index (χ3v) is 4.53. The number of hydrogen-bond donors (Lipinski definition) is 1. The number of alkyl halides is 1. The van der Waals surface area contributed by atoms with Crippen LogP contribution in [0.2, 0.25) is 5.02 Å². The van der Waals surface area contributed by atoms with Gasteiger partial charge in [-0.1, -0.05) is 31.5 Å². The van der Waals surface area contributed by atoms with Gasteiger partial charge >= 0.3 is 0 Å². The Morgan fingerprint density at radius 1 is 1.28 bits per heavy atom. The predicted molar refractivity (Wildman–Crippen MR) is 76.9 cm³/mol. The van der Waals surface area contributed by atoms with Crippen molar-refractivity contribution in [1.29, 1.82) is 0 Å². The number of hydrogen-bond acceptors (Lipinski definition) is 1. The van der Waals surface area contributed by atoms with Crippen LogP contribution in [0, 0.1) is 11.2 Å². The van der Waals surface area contributed by atoms with Gasteiger partial charge in [-0.2, -0.15) is 0 Å². The Morgan fingerprint density at radius 3 is 2.44 bits per heavy atom. The van der Waals surface area contributed by atoms with Crippen molar-refractivity contribution in [3.05, 3.63) is 34.6 Å². The fourth-order valence-electron chi connectivity index (χ4n) is 1.86. The number of benzene rings is 1. The summed E-state index contributed by atoms with van der Waals surface area (Å²) in [5, 5.41) is 3.83. The second kappa shape index (κ2) is 7.32. The van der Waals surface area contributed by atoms with Crippen LogP contribution in [-0.2, 0) is 6.54 Å². The monoisotopic (exact) mass is 291 g/mol. The van der Waals surface area contributed by atoms with Gasteiger partial charge in [-0.25, -0.2) is 4.39 Å². The van der Waals surface area contributed by atoms with Gasteiger partial charge in [-0.15, -0.1) is 11.6 Å². The lowest BCUT2D eigenvalue weighted by Crippen LogP contribution is -2.34. The molecule has 0 saturated carbocycles. The Hall–Kier alpha value is -0.310. The topological polar surface area (TPSA) is 12.0 Å². The molecule has 0 radical (unpaired) electrons. The summed E-state index contributed by atoms with van der Waals surface area (Å²) in [6.07, 6.45) is 2.08. The zero-order valence-corrected chi connectivity index (χ0v) is 12.4. The number of nitrogens with one attached hydrogen (secondary N) is 1. The van der Waals surface area contributed by atoms with Crippen LogP contribution in [0.15, 0.2) is 18.2 Å². The lowest BCUT2D eigenvalue weighted by molar-refractivity contribution is 0.286. The number of rotatable bonds is 7. The van der Waals surface area contributed by atoms with E-state index >= 15 is 0 Å². The van der Waals surface area contributed by atoms with Crippen molar-refractivity contribution in [2.45, 2.75) is 33.2 Å². The summed E-state index contributed by atoms with van der Waals surface area (Å²) >= 11 is 12.0. The molecule has 102 valence electrons. The minimum absolute atomic E-state index is 0.133. The smallest absolute Gasteiger partial charge is 0.124 e. The fraction of sp³-hybridized carbons (Fsp3) is 0.571. The average molecular weight is 292 g/mol. The third-order valence-electron chi connectivity index (χ3n) is 3.61. The van der Waals surface area contributed by atoms with E-state index in [1.54, 1.807) is 6.07 Å². The van der Waals surface area contributed by atoms with Gasteiger partial charge in [0.05, 0.1) is 0 Å². The molecule has 0 unspecified atom stereocenters. The van der Waals surface area contributed by atoms with Crippen LogP contribution in [0.4, 0.5) is 4.39 Å². The fourth-order valence-corrected chi connectivity index (χ4v) is 2.57. The molecule has 0 aliphatic carbocycles. The molecule has 18 heavy (non-hydrogen) atoms. The van der Waals surface area contributed by atoms with Crippen LogP contribution >= 0.6 is 23.2 Å². The van der Waals surface area contributed by atoms with Gasteiger partial charge in [0.2, 0.25) is 0 Å². The van der Waals surface area contributed by atoms with Gasteiger partial charge in [-0.3, -0.25) is 0 Å². The first-order valence-corrected chi connectivity index (χ1v) is 7.18. The van der Waals surface area contributed by atoms with Gasteiger partial charge in [0.15, 0.2) is 0 Å². The molecule has 0 atom stereocenters. The second-order valence-corrected chi connectivity index (χ2v) is 5.35. The summed E-state index contributed by atoms with van der Waals surface area (Å²) in [5.74, 6) is 0.338. The van der Waals surface area contributed by atoms with E-state index in [0.29, 0.717) is 17.4 Å². The summed E-state index contributed by atoms with van der Waals surface area (Å²) in [6, 6.07) is 4.48. The lowest BCUT2D eigenvalue weighted by Gasteiger charge is -2.29. The van der Waals surface area contributed by atoms with Crippen molar-refractivity contribution in [2.24, 2.45) is 5.41 Å². The SMILES string of the molecule is CCC(CC)(CCl)CNCc1ccc(F)cc1Cl. The predicted octanol–water partition coefficient (Wildman–Crippen LogP) is 4.61. The van der Waals surface area contributed by atoms with Crippen LogP contribution in [0.1, 0.15) is 32.3 Å². The van der Waals surface area contributed by atoms with Crippen molar-refractivity contribution in [2.75, 3.05) is 12.4 Å². The Labute approximate surface area is 119 Å². The molecular weight excluding hydrogens is 272 g/mol. The van der Waals surface area contributed by atoms with Crippen LogP contribution in [0.25, 0.3) is 0 Å². The Balaban J connectivity index is 2.55. The van der Waals surface area contributed by atoms with Gasteiger partial charge in [0.1, 0.15) is 5.82 Å². The van der Waals surface area contributed by atoms with E-state index in [1.807, 2.05) is 0 Å². The van der Waals surface area contributed by atoms with E-state index in [1.165, 1.54) is 12.1 Å². The lowest BCUT2D eigenvalue weighted by atomic mass is 9.84. The molecule has 0 aliphatic heterocycles. The molecule has 1 aromatic carbocycles. The minimum atomic E-state index is -0.305. The third kappa shape index (κ3) is 4.11. The highest BCUT2D eigenvalue weighted by atomic mass is 35.5. The Bertz CT molecular complexity index is 370. The van der Waals surface area contributed by atoms with Crippen molar-refractivity contribution >= 4 is 23.2 Å². The molecule has 4 heteroatoms. The molecule has 0 spiro atoms. The molecule has 1 aromatic rings. The molecular formula is C14H20Cl2FN. The quantitative estimate of drug-likeness (QED) is 0.723. The second-order valence-electron chi connectivity index (χ2n) is 4.68. The molecule has 0 aromatic heterocycles.